The van der Waals surface area contributed by atoms with Crippen LogP contribution >= 0.6 is 0 Å². The van der Waals surface area contributed by atoms with Gasteiger partial charge in [-0.25, -0.2) is 22.7 Å². The summed E-state index contributed by atoms with van der Waals surface area (Å²) in [7, 11) is -0.642. The minimum Gasteiger partial charge on any atom is -0.353 e. The van der Waals surface area contributed by atoms with Gasteiger partial charge in [-0.1, -0.05) is 13.8 Å². The molecule has 1 aromatic carbocycles. The van der Waals surface area contributed by atoms with Crippen LogP contribution in [0.5, 0.6) is 0 Å². The molecular weight excluding hydrogens is 426 g/mol. The summed E-state index contributed by atoms with van der Waals surface area (Å²) in [6.45, 7) is 12.1. The van der Waals surface area contributed by atoms with Crippen LogP contribution in [-0.2, 0) is 10.0 Å². The van der Waals surface area contributed by atoms with E-state index in [4.69, 9.17) is 4.98 Å². The van der Waals surface area contributed by atoms with Crippen molar-refractivity contribution >= 4 is 21.7 Å². The molecule has 174 valence electrons. The summed E-state index contributed by atoms with van der Waals surface area (Å²) in [5.41, 5.74) is 2.79. The van der Waals surface area contributed by atoms with Crippen molar-refractivity contribution in [3.05, 3.63) is 46.4 Å². The van der Waals surface area contributed by atoms with Crippen LogP contribution in [0, 0.1) is 20.8 Å². The second kappa shape index (κ2) is 9.15. The Morgan fingerprint density at radius 3 is 2.19 bits per heavy atom. The van der Waals surface area contributed by atoms with Gasteiger partial charge in [-0.15, -0.1) is 0 Å². The Hall–Kier alpha value is -2.52. The van der Waals surface area contributed by atoms with Gasteiger partial charge in [0.1, 0.15) is 11.6 Å². The average molecular weight is 460 g/mol. The van der Waals surface area contributed by atoms with Gasteiger partial charge in [0.25, 0.3) is 5.91 Å². The number of aryl methyl sites for hydroxylation is 2. The van der Waals surface area contributed by atoms with Gasteiger partial charge in [-0.2, -0.15) is 0 Å². The number of hydrogen-bond acceptors (Lipinski definition) is 6. The Labute approximate surface area is 191 Å². The highest BCUT2D eigenvalue weighted by Crippen LogP contribution is 2.25. The van der Waals surface area contributed by atoms with E-state index in [9.17, 15) is 13.2 Å². The lowest BCUT2D eigenvalue weighted by molar-refractivity contribution is 0.0746. The third-order valence-corrected chi connectivity index (χ3v) is 7.83. The Balaban J connectivity index is 1.80. The number of hydrogen-bond donors (Lipinski definition) is 0. The first kappa shape index (κ1) is 24.1. The molecule has 3 rings (SSSR count). The van der Waals surface area contributed by atoms with Crippen molar-refractivity contribution in [1.29, 1.82) is 0 Å². The van der Waals surface area contributed by atoms with Crippen LogP contribution < -0.4 is 4.90 Å². The zero-order valence-corrected chi connectivity index (χ0v) is 20.8. The smallest absolute Gasteiger partial charge is 0.254 e. The monoisotopic (exact) mass is 459 g/mol. The molecule has 2 heterocycles. The quantitative estimate of drug-likeness (QED) is 0.683. The highest BCUT2D eigenvalue weighted by molar-refractivity contribution is 7.89. The fourth-order valence-electron chi connectivity index (χ4n) is 3.73. The van der Waals surface area contributed by atoms with Crippen molar-refractivity contribution in [3.8, 4) is 0 Å². The van der Waals surface area contributed by atoms with Crippen LogP contribution in [0.4, 0.5) is 5.82 Å². The third-order valence-electron chi connectivity index (χ3n) is 5.89. The van der Waals surface area contributed by atoms with Crippen LogP contribution in [0.1, 0.15) is 52.8 Å². The molecule has 1 saturated heterocycles. The first-order valence-corrected chi connectivity index (χ1v) is 12.3. The molecule has 1 aliphatic heterocycles. The molecule has 1 aromatic heterocycles. The minimum atomic E-state index is -3.64. The van der Waals surface area contributed by atoms with Crippen LogP contribution in [0.25, 0.3) is 0 Å². The van der Waals surface area contributed by atoms with E-state index >= 15 is 0 Å². The second-order valence-corrected chi connectivity index (χ2v) is 11.0. The van der Waals surface area contributed by atoms with Gasteiger partial charge in [0.2, 0.25) is 10.0 Å². The Morgan fingerprint density at radius 2 is 1.62 bits per heavy atom. The maximum absolute atomic E-state index is 13.2. The predicted molar refractivity (Wildman–Crippen MR) is 126 cm³/mol. The molecule has 8 nitrogen and oxygen atoms in total. The van der Waals surface area contributed by atoms with Gasteiger partial charge in [-0.3, -0.25) is 4.79 Å². The van der Waals surface area contributed by atoms with Crippen molar-refractivity contribution < 1.29 is 13.2 Å². The molecule has 0 spiro atoms. The molecule has 0 N–H and O–H groups in total. The molecule has 0 saturated carbocycles. The number of nitrogens with zero attached hydrogens (tertiary/aromatic N) is 5. The molecule has 0 radical (unpaired) electrons. The standard InChI is InChI=1S/C23H33N5O3S/c1-15(2)22-24-17(4)13-21(25-22)27-8-10-28(11-9-27)23(29)19-12-16(3)18(5)20(14-19)32(30,31)26(6)7/h12-15H,8-11H2,1-7H3. The highest BCUT2D eigenvalue weighted by atomic mass is 32.2. The summed E-state index contributed by atoms with van der Waals surface area (Å²) in [5, 5.41) is 0. The number of sulfonamides is 1. The molecule has 1 amide bonds. The Bertz CT molecular complexity index is 1120. The molecule has 1 aliphatic rings. The molecule has 0 aliphatic carbocycles. The summed E-state index contributed by atoms with van der Waals surface area (Å²) in [5.74, 6) is 1.81. The predicted octanol–water partition coefficient (Wildman–Crippen LogP) is 2.74. The number of piperazine rings is 1. The lowest BCUT2D eigenvalue weighted by Gasteiger charge is -2.36. The van der Waals surface area contributed by atoms with E-state index in [0.717, 1.165) is 22.9 Å². The molecular formula is C23H33N5O3S. The number of anilines is 1. The third kappa shape index (κ3) is 4.78. The summed E-state index contributed by atoms with van der Waals surface area (Å²) in [6, 6.07) is 5.27. The largest absolute Gasteiger partial charge is 0.353 e. The first-order chi connectivity index (χ1) is 14.9. The summed E-state index contributed by atoms with van der Waals surface area (Å²) < 4.78 is 26.7. The molecule has 2 aromatic rings. The SMILES string of the molecule is Cc1cc(N2CCN(C(=O)c3cc(C)c(C)c(S(=O)(=O)N(C)C)c3)CC2)nc(C(C)C)n1. The average Bonchev–Trinajstić information content (AvgIpc) is 2.74. The minimum absolute atomic E-state index is 0.148. The van der Waals surface area contributed by atoms with E-state index < -0.39 is 10.0 Å². The number of carbonyl (C=O) groups excluding carboxylic acids is 1. The van der Waals surface area contributed by atoms with Crippen molar-refractivity contribution in [2.75, 3.05) is 45.2 Å². The summed E-state index contributed by atoms with van der Waals surface area (Å²) >= 11 is 0. The molecule has 0 atom stereocenters. The number of benzene rings is 1. The maximum atomic E-state index is 13.2. The number of rotatable bonds is 5. The Kier molecular flexibility index (Phi) is 6.90. The van der Waals surface area contributed by atoms with E-state index in [1.165, 1.54) is 24.5 Å². The first-order valence-electron chi connectivity index (χ1n) is 10.9. The van der Waals surface area contributed by atoms with Gasteiger partial charge in [0, 0.05) is 63.5 Å². The summed E-state index contributed by atoms with van der Waals surface area (Å²) in [4.78, 5) is 26.6. The molecule has 0 unspecified atom stereocenters. The topological polar surface area (TPSA) is 86.7 Å². The highest BCUT2D eigenvalue weighted by Gasteiger charge is 2.27. The van der Waals surface area contributed by atoms with Crippen LogP contribution in [0.15, 0.2) is 23.1 Å². The van der Waals surface area contributed by atoms with Crippen molar-refractivity contribution in [2.24, 2.45) is 0 Å². The van der Waals surface area contributed by atoms with Crippen LogP contribution in [0.2, 0.25) is 0 Å². The fraction of sp³-hybridized carbons (Fsp3) is 0.522. The molecule has 1 fully saturated rings. The van der Waals surface area contributed by atoms with E-state index in [-0.39, 0.29) is 16.7 Å². The maximum Gasteiger partial charge on any atom is 0.254 e. The lowest BCUT2D eigenvalue weighted by atomic mass is 10.0. The number of carbonyl (C=O) groups is 1. The van der Waals surface area contributed by atoms with E-state index in [0.29, 0.717) is 37.3 Å². The van der Waals surface area contributed by atoms with Crippen LogP contribution in [0.3, 0.4) is 0 Å². The number of amides is 1. The van der Waals surface area contributed by atoms with Crippen molar-refractivity contribution in [2.45, 2.75) is 45.4 Å². The van der Waals surface area contributed by atoms with Crippen molar-refractivity contribution in [1.82, 2.24) is 19.2 Å². The fourth-order valence-corrected chi connectivity index (χ4v) is 4.95. The van der Waals surface area contributed by atoms with Gasteiger partial charge >= 0.3 is 0 Å². The van der Waals surface area contributed by atoms with Gasteiger partial charge in [0.15, 0.2) is 0 Å². The molecule has 32 heavy (non-hydrogen) atoms. The number of aromatic nitrogens is 2. The zero-order valence-electron chi connectivity index (χ0n) is 20.0. The Morgan fingerprint density at radius 1 is 1.00 bits per heavy atom. The van der Waals surface area contributed by atoms with Crippen molar-refractivity contribution in [3.63, 3.8) is 0 Å². The second-order valence-electron chi connectivity index (χ2n) is 8.86. The van der Waals surface area contributed by atoms with E-state index in [1.807, 2.05) is 19.9 Å². The molecule has 9 heteroatoms. The lowest BCUT2D eigenvalue weighted by Crippen LogP contribution is -2.49. The zero-order chi connectivity index (χ0) is 23.8. The van der Waals surface area contributed by atoms with Gasteiger partial charge in [0.05, 0.1) is 4.90 Å². The van der Waals surface area contributed by atoms with E-state index in [1.54, 1.807) is 17.9 Å². The summed E-state index contributed by atoms with van der Waals surface area (Å²) in [6.07, 6.45) is 0. The normalized spacial score (nSPS) is 15.0. The van der Waals surface area contributed by atoms with Gasteiger partial charge < -0.3 is 9.80 Å². The van der Waals surface area contributed by atoms with Gasteiger partial charge in [-0.05, 0) is 44.0 Å². The molecule has 0 bridgehead atoms. The van der Waals surface area contributed by atoms with E-state index in [2.05, 4.69) is 23.7 Å². The van der Waals surface area contributed by atoms with Crippen LogP contribution in [-0.4, -0.2) is 73.8 Å².